The predicted molar refractivity (Wildman–Crippen MR) is 124 cm³/mol. The third-order valence-corrected chi connectivity index (χ3v) is 5.63. The Morgan fingerprint density at radius 1 is 1.06 bits per heavy atom. The highest BCUT2D eigenvalue weighted by Gasteiger charge is 2.12. The van der Waals surface area contributed by atoms with Crippen molar-refractivity contribution in [2.24, 2.45) is 0 Å². The summed E-state index contributed by atoms with van der Waals surface area (Å²) in [6.45, 7) is 1.78. The quantitative estimate of drug-likeness (QED) is 0.419. The van der Waals surface area contributed by atoms with Gasteiger partial charge in [0.2, 0.25) is 0 Å². The topological polar surface area (TPSA) is 68.6 Å². The maximum atomic E-state index is 13.1. The lowest BCUT2D eigenvalue weighted by Gasteiger charge is -2.11. The van der Waals surface area contributed by atoms with Gasteiger partial charge in [0, 0.05) is 25.3 Å². The summed E-state index contributed by atoms with van der Waals surface area (Å²) in [6.07, 6.45) is 3.03. The Balaban J connectivity index is 2.06. The minimum absolute atomic E-state index is 0.155. The Hall–Kier alpha value is -3.45. The van der Waals surface area contributed by atoms with Crippen LogP contribution in [0.25, 0.3) is 12.2 Å². The van der Waals surface area contributed by atoms with Crippen molar-refractivity contribution >= 4 is 40.9 Å². The second-order valence-corrected chi connectivity index (χ2v) is 8.07. The standard InChI is InChI=1S/C24H24N2O4S/c1-4-30-23(28)15-22-26(16-20(27)18-8-6-5-7-9-18)24(29)21(31-22)14-17-10-12-19(13-11-17)25(2)3/h5-15H,4,16H2,1-3H3. The van der Waals surface area contributed by atoms with Gasteiger partial charge >= 0.3 is 5.97 Å². The van der Waals surface area contributed by atoms with Crippen molar-refractivity contribution in [2.75, 3.05) is 25.6 Å². The Labute approximate surface area is 184 Å². The Bertz CT molecular complexity index is 1240. The van der Waals surface area contributed by atoms with Gasteiger partial charge in [-0.15, -0.1) is 11.3 Å². The van der Waals surface area contributed by atoms with Gasteiger partial charge in [0.15, 0.2) is 5.78 Å². The number of ketones is 1. The first-order valence-corrected chi connectivity index (χ1v) is 10.7. The molecule has 3 rings (SSSR count). The van der Waals surface area contributed by atoms with E-state index in [1.807, 2.05) is 49.3 Å². The van der Waals surface area contributed by atoms with Crippen molar-refractivity contribution in [1.82, 2.24) is 4.57 Å². The maximum Gasteiger partial charge on any atom is 0.333 e. The van der Waals surface area contributed by atoms with E-state index in [-0.39, 0.29) is 24.5 Å². The Morgan fingerprint density at radius 3 is 2.35 bits per heavy atom. The molecule has 0 N–H and O–H groups in total. The average Bonchev–Trinajstić information content (AvgIpc) is 3.03. The van der Waals surface area contributed by atoms with Gasteiger partial charge in [-0.2, -0.15) is 0 Å². The van der Waals surface area contributed by atoms with E-state index in [2.05, 4.69) is 0 Å². The second-order valence-electron chi connectivity index (χ2n) is 7.01. The van der Waals surface area contributed by atoms with Crippen molar-refractivity contribution < 1.29 is 14.3 Å². The number of carbonyl (C=O) groups excluding carboxylic acids is 2. The van der Waals surface area contributed by atoms with E-state index in [0.717, 1.165) is 22.6 Å². The molecule has 0 aliphatic rings. The van der Waals surface area contributed by atoms with Gasteiger partial charge in [0.1, 0.15) is 4.66 Å². The summed E-state index contributed by atoms with van der Waals surface area (Å²) >= 11 is 1.16. The van der Waals surface area contributed by atoms with Crippen LogP contribution < -0.4 is 19.7 Å². The first-order chi connectivity index (χ1) is 14.9. The highest BCUT2D eigenvalue weighted by Crippen LogP contribution is 2.12. The maximum absolute atomic E-state index is 13.1. The van der Waals surface area contributed by atoms with E-state index >= 15 is 0 Å². The van der Waals surface area contributed by atoms with Crippen molar-refractivity contribution in [1.29, 1.82) is 0 Å². The van der Waals surface area contributed by atoms with Crippen LogP contribution in [0.1, 0.15) is 22.8 Å². The van der Waals surface area contributed by atoms with Gasteiger partial charge in [-0.1, -0.05) is 42.5 Å². The summed E-state index contributed by atoms with van der Waals surface area (Å²) in [5, 5.41) is 0. The molecule has 0 aliphatic heterocycles. The molecule has 6 nitrogen and oxygen atoms in total. The molecule has 0 unspecified atom stereocenters. The third kappa shape index (κ3) is 5.58. The summed E-state index contributed by atoms with van der Waals surface area (Å²) in [7, 11) is 3.91. The highest BCUT2D eigenvalue weighted by molar-refractivity contribution is 7.07. The van der Waals surface area contributed by atoms with E-state index in [4.69, 9.17) is 4.74 Å². The lowest BCUT2D eigenvalue weighted by molar-refractivity contribution is -0.135. The third-order valence-electron chi connectivity index (χ3n) is 4.57. The fraction of sp³-hybridized carbons (Fsp3) is 0.208. The van der Waals surface area contributed by atoms with Crippen molar-refractivity contribution in [3.8, 4) is 0 Å². The molecule has 0 atom stereocenters. The summed E-state index contributed by atoms with van der Waals surface area (Å²) < 4.78 is 7.14. The van der Waals surface area contributed by atoms with Crippen LogP contribution in [-0.4, -0.2) is 37.0 Å². The number of Topliss-reactive ketones (excluding diaryl/α,β-unsaturated/α-hetero) is 1. The van der Waals surface area contributed by atoms with Crippen LogP contribution in [0.4, 0.5) is 5.69 Å². The summed E-state index contributed by atoms with van der Waals surface area (Å²) in [5.41, 5.74) is 2.09. The van der Waals surface area contributed by atoms with Crippen molar-refractivity contribution in [3.63, 3.8) is 0 Å². The van der Waals surface area contributed by atoms with E-state index in [0.29, 0.717) is 14.8 Å². The fourth-order valence-electron chi connectivity index (χ4n) is 2.96. The molecule has 31 heavy (non-hydrogen) atoms. The molecule has 0 radical (unpaired) electrons. The van der Waals surface area contributed by atoms with Crippen LogP contribution in [0.15, 0.2) is 59.4 Å². The Morgan fingerprint density at radius 2 is 1.74 bits per heavy atom. The van der Waals surface area contributed by atoms with Gasteiger partial charge in [0.25, 0.3) is 5.56 Å². The summed E-state index contributed by atoms with van der Waals surface area (Å²) in [6, 6.07) is 16.5. The van der Waals surface area contributed by atoms with Crippen LogP contribution >= 0.6 is 11.3 Å². The molecule has 0 saturated heterocycles. The number of rotatable bonds is 7. The lowest BCUT2D eigenvalue weighted by atomic mass is 10.1. The van der Waals surface area contributed by atoms with Gasteiger partial charge in [-0.3, -0.25) is 14.2 Å². The first-order valence-electron chi connectivity index (χ1n) is 9.84. The smallest absolute Gasteiger partial charge is 0.333 e. The number of benzene rings is 2. The number of anilines is 1. The van der Waals surface area contributed by atoms with Crippen LogP contribution in [0.3, 0.4) is 0 Å². The molecule has 0 fully saturated rings. The number of esters is 1. The number of hydrogen-bond acceptors (Lipinski definition) is 6. The molecule has 2 aromatic carbocycles. The second kappa shape index (κ2) is 10.0. The van der Waals surface area contributed by atoms with Crippen LogP contribution in [0, 0.1) is 0 Å². The Kier molecular flexibility index (Phi) is 7.20. The van der Waals surface area contributed by atoms with E-state index in [9.17, 15) is 14.4 Å². The fourth-order valence-corrected chi connectivity index (χ4v) is 3.99. The summed E-state index contributed by atoms with van der Waals surface area (Å²) in [4.78, 5) is 39.8. The molecule has 7 heteroatoms. The average molecular weight is 437 g/mol. The number of aromatic nitrogens is 1. The van der Waals surface area contributed by atoms with Gasteiger partial charge < -0.3 is 9.64 Å². The molecule has 1 aromatic heterocycles. The van der Waals surface area contributed by atoms with Crippen LogP contribution in [0.2, 0.25) is 0 Å². The lowest BCUT2D eigenvalue weighted by Crippen LogP contribution is -2.34. The molecular formula is C24H24N2O4S. The molecule has 1 heterocycles. The SMILES string of the molecule is CCOC(=O)C=c1sc(=Cc2ccc(N(C)C)cc2)c(=O)n1CC(=O)c1ccccc1. The molecule has 0 aliphatic carbocycles. The highest BCUT2D eigenvalue weighted by atomic mass is 32.1. The number of ether oxygens (including phenoxy) is 1. The monoisotopic (exact) mass is 436 g/mol. The predicted octanol–water partition coefficient (Wildman–Crippen LogP) is 2.03. The van der Waals surface area contributed by atoms with Gasteiger partial charge in [-0.05, 0) is 30.7 Å². The summed E-state index contributed by atoms with van der Waals surface area (Å²) in [5.74, 6) is -0.757. The molecule has 160 valence electrons. The number of carbonyl (C=O) groups is 2. The van der Waals surface area contributed by atoms with Gasteiger partial charge in [0.05, 0.1) is 23.8 Å². The van der Waals surface area contributed by atoms with E-state index < -0.39 is 5.97 Å². The van der Waals surface area contributed by atoms with E-state index in [1.165, 1.54) is 10.6 Å². The molecular weight excluding hydrogens is 412 g/mol. The number of thiazole rings is 1. The number of hydrogen-bond donors (Lipinski definition) is 0. The van der Waals surface area contributed by atoms with Crippen LogP contribution in [-0.2, 0) is 16.1 Å². The largest absolute Gasteiger partial charge is 0.463 e. The molecule has 0 amide bonds. The zero-order chi connectivity index (χ0) is 22.4. The number of nitrogens with zero attached hydrogens (tertiary/aromatic N) is 2. The van der Waals surface area contributed by atoms with Crippen molar-refractivity contribution in [3.05, 3.63) is 85.3 Å². The molecule has 0 saturated carbocycles. The van der Waals surface area contributed by atoms with Crippen LogP contribution in [0.5, 0.6) is 0 Å². The molecule has 0 bridgehead atoms. The minimum atomic E-state index is -0.549. The first kappa shape index (κ1) is 22.2. The normalized spacial score (nSPS) is 12.1. The minimum Gasteiger partial charge on any atom is -0.463 e. The van der Waals surface area contributed by atoms with Gasteiger partial charge in [-0.25, -0.2) is 4.79 Å². The molecule has 0 spiro atoms. The molecule has 3 aromatic rings. The van der Waals surface area contributed by atoms with E-state index in [1.54, 1.807) is 37.3 Å². The van der Waals surface area contributed by atoms with Crippen molar-refractivity contribution in [2.45, 2.75) is 13.5 Å². The zero-order valence-corrected chi connectivity index (χ0v) is 18.5. The zero-order valence-electron chi connectivity index (χ0n) is 17.7.